The molecule has 2 aliphatic heterocycles. The van der Waals surface area contributed by atoms with Gasteiger partial charge in [-0.1, -0.05) is 13.0 Å². The number of aromatic nitrogens is 1. The van der Waals surface area contributed by atoms with Gasteiger partial charge in [0.15, 0.2) is 0 Å². The number of hydrogen-bond acceptors (Lipinski definition) is 6. The normalized spacial score (nSPS) is 48.1. The number of hydrogen-bond donors (Lipinski definition) is 3. The third kappa shape index (κ3) is 3.11. The second-order valence-electron chi connectivity index (χ2n) is 12.1. The maximum Gasteiger partial charge on any atom is 0.251 e. The number of pyridine rings is 1. The molecule has 3 aliphatic carbocycles. The fourth-order valence-electron chi connectivity index (χ4n) is 8.55. The van der Waals surface area contributed by atoms with Gasteiger partial charge in [0.2, 0.25) is 0 Å². The Hall–Kier alpha value is -1.51. The summed E-state index contributed by atoms with van der Waals surface area (Å²) < 4.78 is 7.20. The molecule has 35 heavy (non-hydrogen) atoms. The van der Waals surface area contributed by atoms with E-state index in [2.05, 4.69) is 23.3 Å². The number of anilines is 1. The minimum Gasteiger partial charge on any atom is -0.390 e. The van der Waals surface area contributed by atoms with Gasteiger partial charge in [0.05, 0.1) is 40.2 Å². The van der Waals surface area contributed by atoms with Crippen molar-refractivity contribution in [1.29, 1.82) is 0 Å². The zero-order valence-electron chi connectivity index (χ0n) is 20.7. The summed E-state index contributed by atoms with van der Waals surface area (Å²) in [7, 11) is 3.89. The summed E-state index contributed by atoms with van der Waals surface area (Å²) in [6.07, 6.45) is 8.98. The number of aliphatic hydroxyl groups is 2. The van der Waals surface area contributed by atoms with Gasteiger partial charge < -0.3 is 25.2 Å². The summed E-state index contributed by atoms with van der Waals surface area (Å²) in [5.74, 6) is -0.168. The number of rotatable bonds is 3. The van der Waals surface area contributed by atoms with Crippen LogP contribution in [0.4, 0.5) is 5.69 Å². The molecule has 190 valence electrons. The van der Waals surface area contributed by atoms with Crippen LogP contribution in [0.2, 0.25) is 0 Å². The third-order valence-electron chi connectivity index (χ3n) is 10.4. The molecule has 1 aromatic heterocycles. The van der Waals surface area contributed by atoms with Gasteiger partial charge in [-0.3, -0.25) is 9.78 Å². The van der Waals surface area contributed by atoms with Crippen molar-refractivity contribution in [3.05, 3.63) is 36.2 Å². The number of nitrogens with one attached hydrogen (secondary N) is 1. The molecule has 7 nitrogen and oxygen atoms in total. The van der Waals surface area contributed by atoms with Crippen LogP contribution in [0, 0.1) is 17.3 Å². The summed E-state index contributed by atoms with van der Waals surface area (Å²) in [6.45, 7) is 2.20. The Morgan fingerprint density at radius 2 is 2.00 bits per heavy atom. The molecule has 1 amide bonds. The van der Waals surface area contributed by atoms with Crippen LogP contribution >= 0.6 is 11.6 Å². The first-order valence-corrected chi connectivity index (χ1v) is 13.3. The van der Waals surface area contributed by atoms with E-state index in [0.717, 1.165) is 31.3 Å². The summed E-state index contributed by atoms with van der Waals surface area (Å²) >= 11 is 7.51. The second kappa shape index (κ2) is 7.75. The van der Waals surface area contributed by atoms with Crippen LogP contribution < -0.4 is 5.32 Å². The Morgan fingerprint density at radius 1 is 1.20 bits per heavy atom. The Bertz CT molecular complexity index is 1070. The lowest BCUT2D eigenvalue weighted by Gasteiger charge is -2.64. The highest BCUT2D eigenvalue weighted by Crippen LogP contribution is 2.72. The minimum atomic E-state index is -0.862. The highest BCUT2D eigenvalue weighted by Gasteiger charge is 2.76. The standard InChI is InChI=1S/C27H36ClN3O4/c1-24-8-10-26(28)13-18-21(32)22(33)19(31(2)3)14-25(18)9-11-27(26,35-25)20(24)7-6-17(24)23(34)30-16-5-4-12-29-15-16/h4-6,12,15,18-22,32-33H,7-11,13-14H2,1-3H3,(H,30,34). The predicted molar refractivity (Wildman–Crippen MR) is 133 cm³/mol. The first-order valence-electron chi connectivity index (χ1n) is 12.9. The Morgan fingerprint density at radius 3 is 2.71 bits per heavy atom. The quantitative estimate of drug-likeness (QED) is 0.551. The van der Waals surface area contributed by atoms with Gasteiger partial charge in [0.1, 0.15) is 0 Å². The molecular formula is C27H36ClN3O4. The van der Waals surface area contributed by atoms with Gasteiger partial charge >= 0.3 is 0 Å². The van der Waals surface area contributed by atoms with E-state index >= 15 is 0 Å². The van der Waals surface area contributed by atoms with Crippen LogP contribution in [0.1, 0.15) is 51.9 Å². The molecule has 6 rings (SSSR count). The first kappa shape index (κ1) is 23.9. The van der Waals surface area contributed by atoms with Gasteiger partial charge in [-0.25, -0.2) is 0 Å². The van der Waals surface area contributed by atoms with Crippen molar-refractivity contribution in [2.24, 2.45) is 17.3 Å². The molecule has 2 saturated heterocycles. The molecule has 1 aromatic rings. The number of fused-ring (bicyclic) bond motifs is 1. The molecule has 9 unspecified atom stereocenters. The van der Waals surface area contributed by atoms with E-state index in [-0.39, 0.29) is 29.2 Å². The Labute approximate surface area is 211 Å². The lowest BCUT2D eigenvalue weighted by molar-refractivity contribution is -0.277. The van der Waals surface area contributed by atoms with Gasteiger partial charge in [-0.2, -0.15) is 0 Å². The minimum absolute atomic E-state index is 0.0771. The molecule has 8 heteroatoms. The zero-order chi connectivity index (χ0) is 24.8. The number of nitrogens with zero attached hydrogens (tertiary/aromatic N) is 2. The number of carbonyl (C=O) groups excluding carboxylic acids is 1. The fraction of sp³-hybridized carbons (Fsp3) is 0.704. The van der Waals surface area contributed by atoms with Crippen LogP contribution in [-0.4, -0.2) is 74.4 Å². The molecule has 4 fully saturated rings. The summed E-state index contributed by atoms with van der Waals surface area (Å²) in [5.41, 5.74) is 0.120. The Balaban J connectivity index is 1.32. The zero-order valence-corrected chi connectivity index (χ0v) is 21.5. The number of alkyl halides is 1. The van der Waals surface area contributed by atoms with Crippen molar-refractivity contribution >= 4 is 23.2 Å². The van der Waals surface area contributed by atoms with Crippen LogP contribution in [0.25, 0.3) is 0 Å². The molecule has 0 aromatic carbocycles. The van der Waals surface area contributed by atoms with E-state index in [1.165, 1.54) is 0 Å². The van der Waals surface area contributed by atoms with E-state index in [9.17, 15) is 15.0 Å². The number of carbonyl (C=O) groups is 1. The van der Waals surface area contributed by atoms with E-state index in [4.69, 9.17) is 16.3 Å². The number of aliphatic hydroxyl groups excluding tert-OH is 2. The number of amides is 1. The number of likely N-dealkylation sites (N-methyl/N-ethyl adjacent to an activating group) is 1. The lowest BCUT2D eigenvalue weighted by atomic mass is 9.53. The van der Waals surface area contributed by atoms with E-state index in [1.807, 2.05) is 31.1 Å². The topological polar surface area (TPSA) is 94.9 Å². The van der Waals surface area contributed by atoms with Crippen molar-refractivity contribution < 1.29 is 19.7 Å². The highest BCUT2D eigenvalue weighted by molar-refractivity contribution is 6.25. The molecule has 3 N–H and O–H groups in total. The van der Waals surface area contributed by atoms with E-state index in [0.29, 0.717) is 24.9 Å². The predicted octanol–water partition coefficient (Wildman–Crippen LogP) is 3.11. The van der Waals surface area contributed by atoms with Crippen LogP contribution in [0.15, 0.2) is 36.2 Å². The lowest BCUT2D eigenvalue weighted by Crippen LogP contribution is -2.72. The monoisotopic (exact) mass is 501 g/mol. The van der Waals surface area contributed by atoms with E-state index in [1.54, 1.807) is 12.4 Å². The van der Waals surface area contributed by atoms with Gasteiger partial charge in [0.25, 0.3) is 5.91 Å². The van der Waals surface area contributed by atoms with Crippen molar-refractivity contribution in [3.8, 4) is 0 Å². The maximum atomic E-state index is 13.4. The molecule has 3 heterocycles. The smallest absolute Gasteiger partial charge is 0.251 e. The van der Waals surface area contributed by atoms with Gasteiger partial charge in [0, 0.05) is 35.1 Å². The Kier molecular flexibility index (Phi) is 5.28. The van der Waals surface area contributed by atoms with Crippen molar-refractivity contribution in [3.63, 3.8) is 0 Å². The maximum absolute atomic E-state index is 13.4. The van der Waals surface area contributed by atoms with Crippen molar-refractivity contribution in [1.82, 2.24) is 9.88 Å². The van der Waals surface area contributed by atoms with Crippen LogP contribution in [0.5, 0.6) is 0 Å². The number of ether oxygens (including phenoxy) is 1. The molecule has 2 spiro atoms. The summed E-state index contributed by atoms with van der Waals surface area (Å²) in [6, 6.07) is 3.49. The summed E-state index contributed by atoms with van der Waals surface area (Å²) in [4.78, 5) is 18.9. The van der Waals surface area contributed by atoms with Crippen LogP contribution in [-0.2, 0) is 9.53 Å². The van der Waals surface area contributed by atoms with Crippen molar-refractivity contribution in [2.45, 2.75) is 86.2 Å². The number of allylic oxidation sites excluding steroid dienone is 1. The average molecular weight is 502 g/mol. The van der Waals surface area contributed by atoms with Crippen molar-refractivity contribution in [2.75, 3.05) is 19.4 Å². The molecule has 2 bridgehead atoms. The van der Waals surface area contributed by atoms with E-state index < -0.39 is 28.3 Å². The third-order valence-corrected chi connectivity index (χ3v) is 11.0. The molecular weight excluding hydrogens is 466 g/mol. The van der Waals surface area contributed by atoms with Gasteiger partial charge in [-0.15, -0.1) is 11.6 Å². The fourth-order valence-corrected chi connectivity index (χ4v) is 9.07. The number of halogens is 1. The van der Waals surface area contributed by atoms with Crippen LogP contribution in [0.3, 0.4) is 0 Å². The first-order chi connectivity index (χ1) is 16.6. The molecule has 5 aliphatic rings. The largest absolute Gasteiger partial charge is 0.390 e. The average Bonchev–Trinajstić information content (AvgIpc) is 3.36. The van der Waals surface area contributed by atoms with Gasteiger partial charge in [-0.05, 0) is 71.2 Å². The molecule has 9 atom stereocenters. The second-order valence-corrected chi connectivity index (χ2v) is 12.8. The molecule has 2 saturated carbocycles. The molecule has 0 radical (unpaired) electrons. The summed E-state index contributed by atoms with van der Waals surface area (Å²) in [5, 5.41) is 25.2. The highest BCUT2D eigenvalue weighted by atomic mass is 35.5. The SMILES string of the molecule is CN(C)C1CC23CCC4(O2)C2CC=C(C(=O)Nc5cccnc5)C2(C)CCC4(Cl)CC3C(O)C1O.